The van der Waals surface area contributed by atoms with Gasteiger partial charge in [-0.15, -0.1) is 0 Å². The first kappa shape index (κ1) is 20.8. The normalized spacial score (nSPS) is 21.3. The standard InChI is InChI=1S/C23H30FN3O3/c1-22(2,3)30-21(29)26-11-8-16(23(14-26)9-4-5-10-23)13-27-15-25-19-7-6-17(24)12-18(19)20(27)28/h6-7,12,15-16H,4-5,8-11,13-14H2,1-3H3/t16-/m0/s1. The number of fused-ring (bicyclic) bond motifs is 1. The molecule has 1 spiro atoms. The second-order valence-electron chi connectivity index (χ2n) is 9.82. The molecule has 0 unspecified atom stereocenters. The molecule has 2 heterocycles. The van der Waals surface area contributed by atoms with E-state index in [4.69, 9.17) is 4.74 Å². The van der Waals surface area contributed by atoms with Gasteiger partial charge in [0.1, 0.15) is 11.4 Å². The maximum absolute atomic E-state index is 13.7. The molecule has 0 radical (unpaired) electrons. The fourth-order valence-corrected chi connectivity index (χ4v) is 5.12. The van der Waals surface area contributed by atoms with Crippen LogP contribution in [0.2, 0.25) is 0 Å². The third kappa shape index (κ3) is 4.07. The molecule has 2 aromatic rings. The van der Waals surface area contributed by atoms with E-state index in [9.17, 15) is 14.0 Å². The number of nitrogens with zero attached hydrogens (tertiary/aromatic N) is 3. The van der Waals surface area contributed by atoms with Gasteiger partial charge in [0.25, 0.3) is 5.56 Å². The summed E-state index contributed by atoms with van der Waals surface area (Å²) in [7, 11) is 0. The molecule has 0 bridgehead atoms. The van der Waals surface area contributed by atoms with Crippen LogP contribution in [0.15, 0.2) is 29.3 Å². The van der Waals surface area contributed by atoms with E-state index in [0.29, 0.717) is 30.5 Å². The Kier molecular flexibility index (Phi) is 5.32. The summed E-state index contributed by atoms with van der Waals surface area (Å²) >= 11 is 0. The van der Waals surface area contributed by atoms with Crippen molar-refractivity contribution in [1.82, 2.24) is 14.5 Å². The first-order valence-electron chi connectivity index (χ1n) is 10.8. The van der Waals surface area contributed by atoms with E-state index >= 15 is 0 Å². The third-order valence-corrected chi connectivity index (χ3v) is 6.57. The maximum atomic E-state index is 13.7. The van der Waals surface area contributed by atoms with Gasteiger partial charge in [-0.05, 0) is 69.6 Å². The van der Waals surface area contributed by atoms with Crippen molar-refractivity contribution in [2.75, 3.05) is 13.1 Å². The number of benzene rings is 1. The highest BCUT2D eigenvalue weighted by Gasteiger charge is 2.46. The minimum absolute atomic E-state index is 0.00844. The van der Waals surface area contributed by atoms with Crippen LogP contribution in [0.3, 0.4) is 0 Å². The van der Waals surface area contributed by atoms with Gasteiger partial charge in [0, 0.05) is 19.6 Å². The Morgan fingerprint density at radius 3 is 2.73 bits per heavy atom. The maximum Gasteiger partial charge on any atom is 0.410 e. The lowest BCUT2D eigenvalue weighted by atomic mass is 9.69. The SMILES string of the molecule is CC(C)(C)OC(=O)N1CC[C@@H](Cn2cnc3ccc(F)cc3c2=O)C2(CCCC2)C1. The van der Waals surface area contributed by atoms with Crippen molar-refractivity contribution in [3.63, 3.8) is 0 Å². The molecule has 2 fully saturated rings. The summed E-state index contributed by atoms with van der Waals surface area (Å²) in [5.74, 6) is -0.165. The summed E-state index contributed by atoms with van der Waals surface area (Å²) in [6.07, 6.45) is 6.48. The molecule has 1 amide bonds. The molecule has 1 aromatic carbocycles. The fourth-order valence-electron chi connectivity index (χ4n) is 5.12. The van der Waals surface area contributed by atoms with Crippen LogP contribution in [-0.4, -0.2) is 39.2 Å². The van der Waals surface area contributed by atoms with E-state index in [2.05, 4.69) is 4.98 Å². The highest BCUT2D eigenvalue weighted by molar-refractivity contribution is 5.77. The first-order chi connectivity index (χ1) is 14.2. The average Bonchev–Trinajstić information content (AvgIpc) is 3.13. The lowest BCUT2D eigenvalue weighted by molar-refractivity contribution is -0.0156. The Bertz CT molecular complexity index is 1000. The number of hydrogen-bond donors (Lipinski definition) is 0. The Hall–Kier alpha value is -2.44. The summed E-state index contributed by atoms with van der Waals surface area (Å²) < 4.78 is 20.9. The van der Waals surface area contributed by atoms with Gasteiger partial charge in [-0.3, -0.25) is 9.36 Å². The van der Waals surface area contributed by atoms with Crippen LogP contribution in [0.4, 0.5) is 9.18 Å². The number of carbonyl (C=O) groups excluding carboxylic acids is 1. The van der Waals surface area contributed by atoms with Gasteiger partial charge >= 0.3 is 6.09 Å². The molecule has 6 nitrogen and oxygen atoms in total. The molecule has 4 rings (SSSR count). The van der Waals surface area contributed by atoms with Crippen molar-refractivity contribution in [2.45, 2.75) is 65.0 Å². The van der Waals surface area contributed by atoms with Crippen molar-refractivity contribution >= 4 is 17.0 Å². The predicted octanol–water partition coefficient (Wildman–Crippen LogP) is 4.35. The van der Waals surface area contributed by atoms with Crippen LogP contribution in [-0.2, 0) is 11.3 Å². The number of likely N-dealkylation sites (tertiary alicyclic amines) is 1. The monoisotopic (exact) mass is 415 g/mol. The largest absolute Gasteiger partial charge is 0.444 e. The van der Waals surface area contributed by atoms with Crippen molar-refractivity contribution in [3.05, 3.63) is 40.7 Å². The summed E-state index contributed by atoms with van der Waals surface area (Å²) in [4.78, 5) is 31.8. The fraction of sp³-hybridized carbons (Fsp3) is 0.609. The van der Waals surface area contributed by atoms with E-state index in [1.807, 2.05) is 25.7 Å². The molecule has 2 aliphatic rings. The second-order valence-corrected chi connectivity index (χ2v) is 9.82. The number of hydrogen-bond acceptors (Lipinski definition) is 4. The van der Waals surface area contributed by atoms with E-state index < -0.39 is 11.4 Å². The van der Waals surface area contributed by atoms with Gasteiger partial charge in [-0.1, -0.05) is 12.8 Å². The Morgan fingerprint density at radius 1 is 1.30 bits per heavy atom. The zero-order valence-corrected chi connectivity index (χ0v) is 18.0. The molecule has 1 aromatic heterocycles. The zero-order chi connectivity index (χ0) is 21.5. The molecule has 1 saturated carbocycles. The molecule has 0 N–H and O–H groups in total. The van der Waals surface area contributed by atoms with E-state index in [1.54, 1.807) is 10.9 Å². The molecular formula is C23H30FN3O3. The van der Waals surface area contributed by atoms with Crippen LogP contribution < -0.4 is 5.56 Å². The number of rotatable bonds is 2. The van der Waals surface area contributed by atoms with E-state index in [1.165, 1.54) is 18.2 Å². The summed E-state index contributed by atoms with van der Waals surface area (Å²) in [5.41, 5.74) is -0.225. The lowest BCUT2D eigenvalue weighted by Gasteiger charge is -2.46. The minimum atomic E-state index is -0.518. The third-order valence-electron chi connectivity index (χ3n) is 6.57. The molecular weight excluding hydrogens is 385 g/mol. The van der Waals surface area contributed by atoms with Crippen LogP contribution in [0.5, 0.6) is 0 Å². The number of carbonyl (C=O) groups is 1. The van der Waals surface area contributed by atoms with Gasteiger partial charge in [-0.25, -0.2) is 14.2 Å². The smallest absolute Gasteiger partial charge is 0.410 e. The van der Waals surface area contributed by atoms with Crippen LogP contribution in [0, 0.1) is 17.2 Å². The first-order valence-corrected chi connectivity index (χ1v) is 10.8. The van der Waals surface area contributed by atoms with E-state index in [0.717, 1.165) is 32.1 Å². The Labute approximate surface area is 176 Å². The van der Waals surface area contributed by atoms with Crippen molar-refractivity contribution in [3.8, 4) is 0 Å². The Morgan fingerprint density at radius 2 is 2.03 bits per heavy atom. The van der Waals surface area contributed by atoms with Crippen LogP contribution in [0.1, 0.15) is 52.9 Å². The van der Waals surface area contributed by atoms with Gasteiger partial charge in [-0.2, -0.15) is 0 Å². The highest BCUT2D eigenvalue weighted by atomic mass is 19.1. The average molecular weight is 416 g/mol. The number of amides is 1. The molecule has 1 saturated heterocycles. The number of piperidine rings is 1. The van der Waals surface area contributed by atoms with Crippen LogP contribution >= 0.6 is 0 Å². The Balaban J connectivity index is 1.58. The van der Waals surface area contributed by atoms with Gasteiger partial charge in [0.15, 0.2) is 0 Å². The molecule has 7 heteroatoms. The zero-order valence-electron chi connectivity index (χ0n) is 18.0. The summed E-state index contributed by atoms with van der Waals surface area (Å²) in [5, 5.41) is 0.309. The van der Waals surface area contributed by atoms with Crippen molar-refractivity contribution in [1.29, 1.82) is 0 Å². The topological polar surface area (TPSA) is 64.4 Å². The highest BCUT2D eigenvalue weighted by Crippen LogP contribution is 2.49. The van der Waals surface area contributed by atoms with Gasteiger partial charge in [0.05, 0.1) is 17.2 Å². The summed E-state index contributed by atoms with van der Waals surface area (Å²) in [6, 6.07) is 4.12. The lowest BCUT2D eigenvalue weighted by Crippen LogP contribution is -2.52. The number of ether oxygens (including phenoxy) is 1. The second kappa shape index (κ2) is 7.67. The van der Waals surface area contributed by atoms with Crippen molar-refractivity contribution < 1.29 is 13.9 Å². The minimum Gasteiger partial charge on any atom is -0.444 e. The van der Waals surface area contributed by atoms with Gasteiger partial charge < -0.3 is 9.64 Å². The quantitative estimate of drug-likeness (QED) is 0.731. The van der Waals surface area contributed by atoms with E-state index in [-0.39, 0.29) is 23.0 Å². The molecule has 30 heavy (non-hydrogen) atoms. The molecule has 1 atom stereocenters. The molecule has 162 valence electrons. The number of halogens is 1. The summed E-state index contributed by atoms with van der Waals surface area (Å²) in [6.45, 7) is 7.46. The molecule has 1 aliphatic heterocycles. The molecule has 1 aliphatic carbocycles. The predicted molar refractivity (Wildman–Crippen MR) is 113 cm³/mol. The van der Waals surface area contributed by atoms with Gasteiger partial charge in [0.2, 0.25) is 0 Å². The van der Waals surface area contributed by atoms with Crippen LogP contribution in [0.25, 0.3) is 10.9 Å². The van der Waals surface area contributed by atoms with Crippen molar-refractivity contribution in [2.24, 2.45) is 11.3 Å². The number of aromatic nitrogens is 2.